The fraction of sp³-hybridized carbons (Fsp3) is 0.409. The van der Waals surface area contributed by atoms with Gasteiger partial charge in [-0.3, -0.25) is 9.20 Å². The van der Waals surface area contributed by atoms with Crippen LogP contribution in [0.3, 0.4) is 0 Å². The first-order valence-corrected chi connectivity index (χ1v) is 11.3. The minimum atomic E-state index is -1.02. The molecule has 158 valence electrons. The second kappa shape index (κ2) is 12.8. The molecule has 7 heteroatoms. The lowest BCUT2D eigenvalue weighted by atomic mass is 10.1. The van der Waals surface area contributed by atoms with Crippen LogP contribution in [0, 0.1) is 0 Å². The topological polar surface area (TPSA) is 72.0 Å². The summed E-state index contributed by atoms with van der Waals surface area (Å²) in [6.45, 7) is 6.44. The SMILES string of the molecule is CCOc1ccc(CCNC(=NC)NCCS(=O)c2ccccc2)cc1OCC. The van der Waals surface area contributed by atoms with Crippen molar-refractivity contribution < 1.29 is 13.7 Å². The van der Waals surface area contributed by atoms with Gasteiger partial charge in [-0.1, -0.05) is 24.3 Å². The highest BCUT2D eigenvalue weighted by Gasteiger charge is 2.07. The Balaban J connectivity index is 1.78. The average molecular weight is 418 g/mol. The van der Waals surface area contributed by atoms with Gasteiger partial charge in [0.1, 0.15) is 0 Å². The van der Waals surface area contributed by atoms with E-state index in [9.17, 15) is 4.21 Å². The first-order valence-electron chi connectivity index (χ1n) is 9.94. The molecule has 0 bridgehead atoms. The van der Waals surface area contributed by atoms with Crippen molar-refractivity contribution in [2.24, 2.45) is 4.99 Å². The predicted octanol–water partition coefficient (Wildman–Crippen LogP) is 3.00. The number of nitrogens with zero attached hydrogens (tertiary/aromatic N) is 1. The molecule has 1 atom stereocenters. The number of ether oxygens (including phenoxy) is 2. The molecular weight excluding hydrogens is 386 g/mol. The van der Waals surface area contributed by atoms with Crippen LogP contribution >= 0.6 is 0 Å². The fourth-order valence-corrected chi connectivity index (χ4v) is 3.73. The number of rotatable bonds is 11. The number of hydrogen-bond acceptors (Lipinski definition) is 4. The van der Waals surface area contributed by atoms with E-state index in [1.165, 1.54) is 0 Å². The number of nitrogens with one attached hydrogen (secondary N) is 2. The summed E-state index contributed by atoms with van der Waals surface area (Å²) in [4.78, 5) is 5.07. The predicted molar refractivity (Wildman–Crippen MR) is 120 cm³/mol. The molecule has 0 saturated heterocycles. The highest BCUT2D eigenvalue weighted by atomic mass is 32.2. The lowest BCUT2D eigenvalue weighted by Gasteiger charge is -2.14. The normalized spacial score (nSPS) is 12.3. The van der Waals surface area contributed by atoms with E-state index in [-0.39, 0.29) is 0 Å². The van der Waals surface area contributed by atoms with Gasteiger partial charge in [-0.05, 0) is 50.1 Å². The smallest absolute Gasteiger partial charge is 0.191 e. The zero-order chi connectivity index (χ0) is 20.9. The van der Waals surface area contributed by atoms with Crippen molar-refractivity contribution in [1.82, 2.24) is 10.6 Å². The van der Waals surface area contributed by atoms with E-state index in [4.69, 9.17) is 9.47 Å². The Morgan fingerprint density at radius 1 is 0.966 bits per heavy atom. The van der Waals surface area contributed by atoms with Crippen LogP contribution in [0.5, 0.6) is 11.5 Å². The van der Waals surface area contributed by atoms with E-state index in [1.807, 2.05) is 62.4 Å². The van der Waals surface area contributed by atoms with Gasteiger partial charge in [0.25, 0.3) is 0 Å². The standard InChI is InChI=1S/C22H31N3O3S/c1-4-27-20-12-11-18(17-21(20)28-5-2)13-14-24-22(23-3)25-15-16-29(26)19-9-7-6-8-10-19/h6-12,17H,4-5,13-16H2,1-3H3,(H2,23,24,25). The summed E-state index contributed by atoms with van der Waals surface area (Å²) in [5.41, 5.74) is 1.16. The molecule has 2 aromatic rings. The Hall–Kier alpha value is -2.54. The summed E-state index contributed by atoms with van der Waals surface area (Å²) >= 11 is 0. The first-order chi connectivity index (χ1) is 14.2. The van der Waals surface area contributed by atoms with Crippen LogP contribution in [0.1, 0.15) is 19.4 Å². The molecule has 0 fully saturated rings. The van der Waals surface area contributed by atoms with Crippen LogP contribution in [-0.2, 0) is 17.2 Å². The van der Waals surface area contributed by atoms with Gasteiger partial charge in [-0.25, -0.2) is 0 Å². The second-order valence-electron chi connectivity index (χ2n) is 6.19. The fourth-order valence-electron chi connectivity index (χ4n) is 2.75. The van der Waals surface area contributed by atoms with E-state index in [0.717, 1.165) is 34.9 Å². The van der Waals surface area contributed by atoms with Crippen LogP contribution in [-0.4, -0.2) is 49.3 Å². The van der Waals surface area contributed by atoms with Crippen molar-refractivity contribution in [2.75, 3.05) is 39.1 Å². The van der Waals surface area contributed by atoms with Crippen molar-refractivity contribution in [3.63, 3.8) is 0 Å². The van der Waals surface area contributed by atoms with Gasteiger partial charge >= 0.3 is 0 Å². The Kier molecular flexibility index (Phi) is 10.1. The third kappa shape index (κ3) is 7.77. The van der Waals surface area contributed by atoms with Gasteiger partial charge in [0.05, 0.1) is 24.0 Å². The van der Waals surface area contributed by atoms with Gasteiger partial charge in [-0.2, -0.15) is 0 Å². The molecule has 6 nitrogen and oxygen atoms in total. The summed E-state index contributed by atoms with van der Waals surface area (Å²) in [5.74, 6) is 2.78. The highest BCUT2D eigenvalue weighted by molar-refractivity contribution is 7.85. The highest BCUT2D eigenvalue weighted by Crippen LogP contribution is 2.28. The molecule has 29 heavy (non-hydrogen) atoms. The monoisotopic (exact) mass is 417 g/mol. The molecule has 0 aliphatic rings. The Morgan fingerprint density at radius 2 is 1.66 bits per heavy atom. The Labute approximate surface area is 176 Å². The molecule has 0 radical (unpaired) electrons. The lowest BCUT2D eigenvalue weighted by molar-refractivity contribution is 0.287. The van der Waals surface area contributed by atoms with Crippen LogP contribution < -0.4 is 20.1 Å². The van der Waals surface area contributed by atoms with E-state index in [1.54, 1.807) is 7.05 Å². The molecule has 0 aliphatic heterocycles. The molecule has 0 spiro atoms. The van der Waals surface area contributed by atoms with Crippen molar-refractivity contribution in [3.8, 4) is 11.5 Å². The van der Waals surface area contributed by atoms with E-state index in [0.29, 0.717) is 31.5 Å². The molecule has 0 amide bonds. The van der Waals surface area contributed by atoms with Crippen molar-refractivity contribution >= 4 is 16.8 Å². The number of benzene rings is 2. The van der Waals surface area contributed by atoms with E-state index < -0.39 is 10.8 Å². The number of guanidine groups is 1. The minimum Gasteiger partial charge on any atom is -0.490 e. The van der Waals surface area contributed by atoms with Gasteiger partial charge in [0.15, 0.2) is 17.5 Å². The molecule has 0 saturated carbocycles. The maximum Gasteiger partial charge on any atom is 0.191 e. The first kappa shape index (κ1) is 22.7. The summed E-state index contributed by atoms with van der Waals surface area (Å²) in [6, 6.07) is 15.5. The third-order valence-electron chi connectivity index (χ3n) is 4.12. The summed E-state index contributed by atoms with van der Waals surface area (Å²) in [5, 5.41) is 6.51. The summed E-state index contributed by atoms with van der Waals surface area (Å²) in [6.07, 6.45) is 0.823. The molecule has 2 aromatic carbocycles. The zero-order valence-corrected chi connectivity index (χ0v) is 18.3. The average Bonchev–Trinajstić information content (AvgIpc) is 2.75. The van der Waals surface area contributed by atoms with Crippen LogP contribution in [0.4, 0.5) is 0 Å². The molecule has 2 N–H and O–H groups in total. The maximum absolute atomic E-state index is 12.3. The van der Waals surface area contributed by atoms with E-state index in [2.05, 4.69) is 15.6 Å². The van der Waals surface area contributed by atoms with Gasteiger partial charge in [0.2, 0.25) is 0 Å². The van der Waals surface area contributed by atoms with Crippen molar-refractivity contribution in [2.45, 2.75) is 25.2 Å². The van der Waals surface area contributed by atoms with Crippen LogP contribution in [0.25, 0.3) is 0 Å². The van der Waals surface area contributed by atoms with Crippen LogP contribution in [0.2, 0.25) is 0 Å². The quantitative estimate of drug-likeness (QED) is 0.434. The summed E-state index contributed by atoms with van der Waals surface area (Å²) in [7, 11) is 0.713. The number of hydrogen-bond donors (Lipinski definition) is 2. The Bertz CT molecular complexity index is 797. The largest absolute Gasteiger partial charge is 0.490 e. The third-order valence-corrected chi connectivity index (χ3v) is 5.50. The zero-order valence-electron chi connectivity index (χ0n) is 17.4. The van der Waals surface area contributed by atoms with Gasteiger partial charge < -0.3 is 20.1 Å². The van der Waals surface area contributed by atoms with Crippen LogP contribution in [0.15, 0.2) is 58.4 Å². The molecule has 0 aromatic heterocycles. The van der Waals surface area contributed by atoms with Crippen molar-refractivity contribution in [3.05, 3.63) is 54.1 Å². The molecule has 2 rings (SSSR count). The molecule has 0 aliphatic carbocycles. The van der Waals surface area contributed by atoms with E-state index >= 15 is 0 Å². The van der Waals surface area contributed by atoms with Crippen molar-refractivity contribution in [1.29, 1.82) is 0 Å². The van der Waals surface area contributed by atoms with Gasteiger partial charge in [-0.15, -0.1) is 0 Å². The molecule has 1 unspecified atom stereocenters. The Morgan fingerprint density at radius 3 is 2.34 bits per heavy atom. The second-order valence-corrected chi connectivity index (χ2v) is 7.76. The number of aliphatic imine (C=N–C) groups is 1. The maximum atomic E-state index is 12.3. The van der Waals surface area contributed by atoms with Gasteiger partial charge in [0, 0.05) is 30.8 Å². The summed E-state index contributed by atoms with van der Waals surface area (Å²) < 4.78 is 23.5. The minimum absolute atomic E-state index is 0.529. The molecular formula is C22H31N3O3S. The lowest BCUT2D eigenvalue weighted by Crippen LogP contribution is -2.40. The molecule has 0 heterocycles.